The van der Waals surface area contributed by atoms with Crippen LogP contribution in [0.3, 0.4) is 0 Å². The highest BCUT2D eigenvalue weighted by atomic mass is 19.1. The Hall–Kier alpha value is -2.77. The summed E-state index contributed by atoms with van der Waals surface area (Å²) in [7, 11) is 0. The molecule has 1 unspecified atom stereocenters. The largest absolute Gasteiger partial charge is 0.481 e. The van der Waals surface area contributed by atoms with Gasteiger partial charge in [0.15, 0.2) is 0 Å². The molecule has 1 aromatic carbocycles. The number of amides is 1. The number of carboxylic acid groups (broad SMARTS) is 1. The maximum absolute atomic E-state index is 14.3. The normalized spacial score (nSPS) is 20.8. The summed E-state index contributed by atoms with van der Waals surface area (Å²) in [6.07, 6.45) is 5.71. The standard InChI is InChI=1S/C27H37FN4O3/c1-16-5-9-22(21(28)11-16)29-23(33)14-19(8-10-24(34)35)25-26(18-6-7-18)32(31-30-25)20-12-17(13-20)15-27(2,3)4/h5,9,11,17-20H,6-8,10,12-15H2,1-4H3,(H,29,33)(H,34,35). The molecule has 2 aliphatic carbocycles. The molecule has 2 fully saturated rings. The van der Waals surface area contributed by atoms with Crippen LogP contribution in [0.4, 0.5) is 10.1 Å². The Morgan fingerprint density at radius 1 is 1.26 bits per heavy atom. The SMILES string of the molecule is Cc1ccc(NC(=O)CC(CCC(=O)O)c2nnn(C3CC(CC(C)(C)C)C3)c2C2CC2)c(F)c1. The average Bonchev–Trinajstić information content (AvgIpc) is 3.47. The second-order valence-corrected chi connectivity index (χ2v) is 11.7. The molecule has 2 N–H and O–H groups in total. The first kappa shape index (κ1) is 25.3. The van der Waals surface area contributed by atoms with Crippen molar-refractivity contribution in [2.45, 2.75) is 96.9 Å². The molecule has 190 valence electrons. The molecule has 4 rings (SSSR count). The number of anilines is 1. The van der Waals surface area contributed by atoms with Crippen LogP contribution in [0.2, 0.25) is 0 Å². The fourth-order valence-electron chi connectivity index (χ4n) is 5.34. The van der Waals surface area contributed by atoms with E-state index in [0.29, 0.717) is 23.3 Å². The van der Waals surface area contributed by atoms with Crippen LogP contribution in [0.25, 0.3) is 0 Å². The minimum absolute atomic E-state index is 0.0380. The van der Waals surface area contributed by atoms with E-state index in [-0.39, 0.29) is 36.8 Å². The van der Waals surface area contributed by atoms with Gasteiger partial charge < -0.3 is 10.4 Å². The van der Waals surface area contributed by atoms with Crippen LogP contribution in [-0.4, -0.2) is 32.0 Å². The van der Waals surface area contributed by atoms with Gasteiger partial charge in [-0.2, -0.15) is 0 Å². The monoisotopic (exact) mass is 484 g/mol. The number of rotatable bonds is 10. The van der Waals surface area contributed by atoms with E-state index in [1.165, 1.54) is 12.5 Å². The molecule has 0 saturated heterocycles. The number of halogens is 1. The highest BCUT2D eigenvalue weighted by molar-refractivity contribution is 5.91. The zero-order valence-corrected chi connectivity index (χ0v) is 21.2. The summed E-state index contributed by atoms with van der Waals surface area (Å²) in [6, 6.07) is 4.98. The molecule has 2 aromatic rings. The van der Waals surface area contributed by atoms with Crippen LogP contribution >= 0.6 is 0 Å². The first-order valence-electron chi connectivity index (χ1n) is 12.7. The number of aryl methyl sites for hydroxylation is 1. The van der Waals surface area contributed by atoms with Crippen LogP contribution in [-0.2, 0) is 9.59 Å². The van der Waals surface area contributed by atoms with Crippen LogP contribution in [0.15, 0.2) is 18.2 Å². The third-order valence-corrected chi connectivity index (χ3v) is 7.10. The van der Waals surface area contributed by atoms with Gasteiger partial charge in [-0.3, -0.25) is 9.59 Å². The first-order valence-corrected chi connectivity index (χ1v) is 12.7. The molecule has 8 heteroatoms. The van der Waals surface area contributed by atoms with Crippen LogP contribution in [0, 0.1) is 24.1 Å². The lowest BCUT2D eigenvalue weighted by molar-refractivity contribution is -0.137. The Bertz CT molecular complexity index is 1080. The van der Waals surface area contributed by atoms with Gasteiger partial charge in [0, 0.05) is 24.7 Å². The highest BCUT2D eigenvalue weighted by Gasteiger charge is 2.40. The molecule has 1 amide bonds. The molecule has 0 aliphatic heterocycles. The Morgan fingerprint density at radius 3 is 2.57 bits per heavy atom. The number of aromatic nitrogens is 3. The van der Waals surface area contributed by atoms with Crippen molar-refractivity contribution in [1.29, 1.82) is 0 Å². The van der Waals surface area contributed by atoms with E-state index in [1.807, 2.05) is 0 Å². The van der Waals surface area contributed by atoms with E-state index in [4.69, 9.17) is 0 Å². The summed E-state index contributed by atoms with van der Waals surface area (Å²) in [5.74, 6) is -1.09. The molecule has 0 bridgehead atoms. The molecule has 1 atom stereocenters. The van der Waals surface area contributed by atoms with E-state index in [1.54, 1.807) is 19.1 Å². The predicted molar refractivity (Wildman–Crippen MR) is 132 cm³/mol. The van der Waals surface area contributed by atoms with E-state index in [2.05, 4.69) is 41.1 Å². The van der Waals surface area contributed by atoms with Crippen molar-refractivity contribution in [3.8, 4) is 0 Å². The summed E-state index contributed by atoms with van der Waals surface area (Å²) in [5, 5.41) is 21.0. The number of nitrogens with zero attached hydrogens (tertiary/aromatic N) is 3. The van der Waals surface area contributed by atoms with Crippen molar-refractivity contribution in [2.75, 3.05) is 5.32 Å². The number of benzene rings is 1. The van der Waals surface area contributed by atoms with Gasteiger partial charge in [-0.05, 0) is 74.5 Å². The van der Waals surface area contributed by atoms with Crippen LogP contribution in [0.1, 0.15) is 107 Å². The van der Waals surface area contributed by atoms with Gasteiger partial charge >= 0.3 is 5.97 Å². The lowest BCUT2D eigenvalue weighted by Gasteiger charge is -2.39. The average molecular weight is 485 g/mol. The van der Waals surface area contributed by atoms with E-state index >= 15 is 0 Å². The number of carbonyl (C=O) groups is 2. The summed E-state index contributed by atoms with van der Waals surface area (Å²) in [4.78, 5) is 24.2. The van der Waals surface area contributed by atoms with Gasteiger partial charge in [-0.1, -0.05) is 32.1 Å². The molecule has 0 radical (unpaired) electrons. The molecule has 2 saturated carbocycles. The summed E-state index contributed by atoms with van der Waals surface area (Å²) in [5.41, 5.74) is 3.02. The number of hydrogen-bond donors (Lipinski definition) is 2. The summed E-state index contributed by atoms with van der Waals surface area (Å²) in [6.45, 7) is 8.59. The quantitative estimate of drug-likeness (QED) is 0.433. The Morgan fingerprint density at radius 2 is 1.97 bits per heavy atom. The molecule has 35 heavy (non-hydrogen) atoms. The Labute approximate surface area is 206 Å². The van der Waals surface area contributed by atoms with Crippen molar-refractivity contribution >= 4 is 17.6 Å². The van der Waals surface area contributed by atoms with Gasteiger partial charge in [-0.15, -0.1) is 5.10 Å². The highest BCUT2D eigenvalue weighted by Crippen LogP contribution is 2.49. The fraction of sp³-hybridized carbons (Fsp3) is 0.630. The van der Waals surface area contributed by atoms with Crippen LogP contribution in [0.5, 0.6) is 0 Å². The number of carbonyl (C=O) groups excluding carboxylic acids is 1. The van der Waals surface area contributed by atoms with Crippen molar-refractivity contribution in [2.24, 2.45) is 11.3 Å². The molecule has 1 aromatic heterocycles. The molecular formula is C27H37FN4O3. The number of nitrogens with one attached hydrogen (secondary N) is 1. The third kappa shape index (κ3) is 6.47. The first-order chi connectivity index (χ1) is 16.5. The summed E-state index contributed by atoms with van der Waals surface area (Å²) < 4.78 is 16.3. The van der Waals surface area contributed by atoms with Gasteiger partial charge in [0.2, 0.25) is 5.91 Å². The van der Waals surface area contributed by atoms with E-state index < -0.39 is 11.8 Å². The lowest BCUT2D eigenvalue weighted by Crippen LogP contribution is -2.31. The second-order valence-electron chi connectivity index (χ2n) is 11.7. The Balaban J connectivity index is 1.51. The lowest BCUT2D eigenvalue weighted by atomic mass is 9.71. The van der Waals surface area contributed by atoms with E-state index in [9.17, 15) is 19.1 Å². The second kappa shape index (κ2) is 10.1. The van der Waals surface area contributed by atoms with Gasteiger partial charge in [0.05, 0.1) is 23.1 Å². The van der Waals surface area contributed by atoms with Crippen molar-refractivity contribution in [3.05, 3.63) is 41.0 Å². The minimum Gasteiger partial charge on any atom is -0.481 e. The number of carboxylic acids is 1. The molecule has 1 heterocycles. The van der Waals surface area contributed by atoms with Crippen molar-refractivity contribution in [1.82, 2.24) is 15.0 Å². The van der Waals surface area contributed by atoms with Crippen molar-refractivity contribution < 1.29 is 19.1 Å². The minimum atomic E-state index is -0.913. The molecular weight excluding hydrogens is 447 g/mol. The zero-order chi connectivity index (χ0) is 25.3. The fourth-order valence-corrected chi connectivity index (χ4v) is 5.34. The smallest absolute Gasteiger partial charge is 0.303 e. The molecule has 7 nitrogen and oxygen atoms in total. The van der Waals surface area contributed by atoms with Gasteiger partial charge in [-0.25, -0.2) is 9.07 Å². The topological polar surface area (TPSA) is 97.1 Å². The maximum Gasteiger partial charge on any atom is 0.303 e. The van der Waals surface area contributed by atoms with Gasteiger partial charge in [0.1, 0.15) is 5.82 Å². The Kier molecular flexibility index (Phi) is 7.29. The number of hydrogen-bond acceptors (Lipinski definition) is 4. The summed E-state index contributed by atoms with van der Waals surface area (Å²) >= 11 is 0. The van der Waals surface area contributed by atoms with Crippen molar-refractivity contribution in [3.63, 3.8) is 0 Å². The van der Waals surface area contributed by atoms with E-state index in [0.717, 1.165) is 42.6 Å². The zero-order valence-electron chi connectivity index (χ0n) is 21.2. The maximum atomic E-state index is 14.3. The number of aliphatic carboxylic acids is 1. The predicted octanol–water partition coefficient (Wildman–Crippen LogP) is 5.97. The van der Waals surface area contributed by atoms with Crippen LogP contribution < -0.4 is 5.32 Å². The third-order valence-electron chi connectivity index (χ3n) is 7.10. The van der Waals surface area contributed by atoms with Gasteiger partial charge in [0.25, 0.3) is 0 Å². The molecule has 0 spiro atoms. The molecule has 2 aliphatic rings.